The molecule has 1 aliphatic rings. The topological polar surface area (TPSA) is 38.3 Å². The second kappa shape index (κ2) is 5.01. The van der Waals surface area contributed by atoms with Gasteiger partial charge in [0.05, 0.1) is 14.0 Å². The molecular weight excluding hydrogens is 337 g/mol. The first-order valence-corrected chi connectivity index (χ1v) is 7.21. The second-order valence-electron chi connectivity index (χ2n) is 4.22. The summed E-state index contributed by atoms with van der Waals surface area (Å²) in [5.41, 5.74) is 0.578. The molecular formula is C11H14INO2S. The van der Waals surface area contributed by atoms with Crippen LogP contribution in [0.1, 0.15) is 30.1 Å². The number of hydrogen-bond donors (Lipinski definition) is 1. The summed E-state index contributed by atoms with van der Waals surface area (Å²) in [5, 5.41) is 4.82. The van der Waals surface area contributed by atoms with E-state index in [1.165, 1.54) is 0 Å². The third-order valence-electron chi connectivity index (χ3n) is 2.75. The van der Waals surface area contributed by atoms with Gasteiger partial charge in [-0.2, -0.15) is 0 Å². The lowest BCUT2D eigenvalue weighted by molar-refractivity contribution is 0.0206. The van der Waals surface area contributed by atoms with Gasteiger partial charge < -0.3 is 10.1 Å². The lowest BCUT2D eigenvalue weighted by atomic mass is 10.0. The number of halogens is 1. The Morgan fingerprint density at radius 2 is 2.56 bits per heavy atom. The van der Waals surface area contributed by atoms with E-state index in [-0.39, 0.29) is 11.5 Å². The molecule has 1 fully saturated rings. The third kappa shape index (κ3) is 2.95. The minimum Gasteiger partial charge on any atom is -0.373 e. The van der Waals surface area contributed by atoms with E-state index in [4.69, 9.17) is 4.74 Å². The molecule has 1 unspecified atom stereocenters. The van der Waals surface area contributed by atoms with Crippen molar-refractivity contribution in [2.45, 2.75) is 25.4 Å². The molecule has 0 aliphatic carbocycles. The molecule has 1 saturated heterocycles. The normalized spacial score (nSPS) is 24.6. The Kier molecular flexibility index (Phi) is 3.86. The van der Waals surface area contributed by atoms with Gasteiger partial charge in [-0.1, -0.05) is 0 Å². The van der Waals surface area contributed by atoms with E-state index >= 15 is 0 Å². The third-order valence-corrected chi connectivity index (χ3v) is 4.54. The van der Waals surface area contributed by atoms with Crippen molar-refractivity contribution in [1.29, 1.82) is 0 Å². The summed E-state index contributed by atoms with van der Waals surface area (Å²) in [6, 6.07) is 1.90. The Morgan fingerprint density at radius 3 is 3.12 bits per heavy atom. The highest BCUT2D eigenvalue weighted by Crippen LogP contribution is 2.24. The Labute approximate surface area is 113 Å². The molecule has 0 radical (unpaired) electrons. The van der Waals surface area contributed by atoms with Gasteiger partial charge in [0.1, 0.15) is 0 Å². The largest absolute Gasteiger partial charge is 0.373 e. The summed E-state index contributed by atoms with van der Waals surface area (Å²) in [5.74, 6) is -0.00380. The fourth-order valence-corrected chi connectivity index (χ4v) is 3.10. The van der Waals surface area contributed by atoms with Crippen LogP contribution in [0.25, 0.3) is 0 Å². The summed E-state index contributed by atoms with van der Waals surface area (Å²) in [6.45, 7) is 3.46. The van der Waals surface area contributed by atoms with Crippen LogP contribution < -0.4 is 5.32 Å². The van der Waals surface area contributed by atoms with Crippen LogP contribution >= 0.6 is 33.9 Å². The number of thiophene rings is 1. The van der Waals surface area contributed by atoms with E-state index in [9.17, 15) is 4.79 Å². The smallest absolute Gasteiger partial charge is 0.252 e. The molecule has 5 heteroatoms. The van der Waals surface area contributed by atoms with Gasteiger partial charge in [-0.05, 0) is 48.4 Å². The summed E-state index contributed by atoms with van der Waals surface area (Å²) in [4.78, 5) is 11.8. The summed E-state index contributed by atoms with van der Waals surface area (Å²) in [7, 11) is 0. The van der Waals surface area contributed by atoms with Gasteiger partial charge in [-0.25, -0.2) is 0 Å². The zero-order valence-corrected chi connectivity index (χ0v) is 12.1. The van der Waals surface area contributed by atoms with Crippen molar-refractivity contribution in [1.82, 2.24) is 5.32 Å². The van der Waals surface area contributed by atoms with Crippen molar-refractivity contribution in [3.8, 4) is 0 Å². The maximum absolute atomic E-state index is 11.8. The molecule has 3 nitrogen and oxygen atoms in total. The standard InChI is InChI=1S/C11H14INO2S/c1-11(3-2-4-15-11)7-13-10(14)8-5-9(12)16-6-8/h5-6H,2-4,7H2,1H3,(H,13,14). The van der Waals surface area contributed by atoms with E-state index in [2.05, 4.69) is 34.8 Å². The van der Waals surface area contributed by atoms with E-state index < -0.39 is 0 Å². The zero-order valence-electron chi connectivity index (χ0n) is 9.09. The maximum Gasteiger partial charge on any atom is 0.252 e. The van der Waals surface area contributed by atoms with E-state index in [0.29, 0.717) is 6.54 Å². The number of amides is 1. The van der Waals surface area contributed by atoms with Gasteiger partial charge in [0, 0.05) is 18.5 Å². The highest BCUT2D eigenvalue weighted by molar-refractivity contribution is 14.1. The molecule has 1 atom stereocenters. The van der Waals surface area contributed by atoms with Crippen LogP contribution in [0.3, 0.4) is 0 Å². The molecule has 16 heavy (non-hydrogen) atoms. The fraction of sp³-hybridized carbons (Fsp3) is 0.545. The molecule has 0 spiro atoms. The fourth-order valence-electron chi connectivity index (χ4n) is 1.77. The number of rotatable bonds is 3. The van der Waals surface area contributed by atoms with Crippen LogP contribution in [0.15, 0.2) is 11.4 Å². The van der Waals surface area contributed by atoms with Crippen molar-refractivity contribution < 1.29 is 9.53 Å². The predicted octanol–water partition coefficient (Wildman–Crippen LogP) is 2.65. The Hall–Kier alpha value is -0.140. The maximum atomic E-state index is 11.8. The van der Waals surface area contributed by atoms with E-state index in [1.807, 2.05) is 11.4 Å². The molecule has 1 aromatic heterocycles. The van der Waals surface area contributed by atoms with Gasteiger partial charge in [-0.3, -0.25) is 4.79 Å². The van der Waals surface area contributed by atoms with Crippen LogP contribution in [0.2, 0.25) is 0 Å². The highest BCUT2D eigenvalue weighted by Gasteiger charge is 2.30. The minimum absolute atomic E-state index is 0.00380. The SMILES string of the molecule is CC1(CNC(=O)c2csc(I)c2)CCCO1. The molecule has 1 aliphatic heterocycles. The monoisotopic (exact) mass is 351 g/mol. The molecule has 0 bridgehead atoms. The number of hydrogen-bond acceptors (Lipinski definition) is 3. The van der Waals surface area contributed by atoms with Crippen molar-refractivity contribution in [2.75, 3.05) is 13.2 Å². The minimum atomic E-state index is -0.168. The lowest BCUT2D eigenvalue weighted by Crippen LogP contribution is -2.39. The summed E-state index contributed by atoms with van der Waals surface area (Å²) in [6.07, 6.45) is 2.11. The lowest BCUT2D eigenvalue weighted by Gasteiger charge is -2.23. The van der Waals surface area contributed by atoms with Crippen LogP contribution in [0.4, 0.5) is 0 Å². The average molecular weight is 351 g/mol. The van der Waals surface area contributed by atoms with Crippen LogP contribution in [-0.2, 0) is 4.74 Å². The first-order chi connectivity index (χ1) is 7.59. The Morgan fingerprint density at radius 1 is 1.75 bits per heavy atom. The Bertz CT molecular complexity index is 385. The number of carbonyl (C=O) groups excluding carboxylic acids is 1. The van der Waals surface area contributed by atoms with Crippen molar-refractivity contribution in [3.05, 3.63) is 19.9 Å². The van der Waals surface area contributed by atoms with Gasteiger partial charge in [-0.15, -0.1) is 11.3 Å². The highest BCUT2D eigenvalue weighted by atomic mass is 127. The quantitative estimate of drug-likeness (QED) is 0.851. The van der Waals surface area contributed by atoms with Crippen molar-refractivity contribution in [3.63, 3.8) is 0 Å². The molecule has 0 aromatic carbocycles. The van der Waals surface area contributed by atoms with Crippen LogP contribution in [0.5, 0.6) is 0 Å². The molecule has 1 aromatic rings. The van der Waals surface area contributed by atoms with E-state index in [1.54, 1.807) is 11.3 Å². The van der Waals surface area contributed by atoms with Gasteiger partial charge in [0.25, 0.3) is 5.91 Å². The van der Waals surface area contributed by atoms with Crippen LogP contribution in [0, 0.1) is 2.88 Å². The first kappa shape index (κ1) is 12.3. The summed E-state index contributed by atoms with van der Waals surface area (Å²) >= 11 is 3.80. The molecule has 1 N–H and O–H groups in total. The van der Waals surface area contributed by atoms with Gasteiger partial charge >= 0.3 is 0 Å². The van der Waals surface area contributed by atoms with Gasteiger partial charge in [0.15, 0.2) is 0 Å². The van der Waals surface area contributed by atoms with Crippen molar-refractivity contribution in [2.24, 2.45) is 0 Å². The van der Waals surface area contributed by atoms with Crippen molar-refractivity contribution >= 4 is 39.8 Å². The van der Waals surface area contributed by atoms with Crippen LogP contribution in [-0.4, -0.2) is 24.7 Å². The zero-order chi connectivity index (χ0) is 11.6. The first-order valence-electron chi connectivity index (χ1n) is 5.25. The summed E-state index contributed by atoms with van der Waals surface area (Å²) < 4.78 is 6.75. The Balaban J connectivity index is 1.88. The molecule has 1 amide bonds. The molecule has 88 valence electrons. The number of nitrogens with one attached hydrogen (secondary N) is 1. The predicted molar refractivity (Wildman–Crippen MR) is 73.0 cm³/mol. The molecule has 0 saturated carbocycles. The number of ether oxygens (including phenoxy) is 1. The van der Waals surface area contributed by atoms with E-state index in [0.717, 1.165) is 27.9 Å². The number of carbonyl (C=O) groups is 1. The van der Waals surface area contributed by atoms with Gasteiger partial charge in [0.2, 0.25) is 0 Å². The molecule has 2 rings (SSSR count). The molecule has 2 heterocycles. The second-order valence-corrected chi connectivity index (χ2v) is 7.03. The average Bonchev–Trinajstić information content (AvgIpc) is 2.85.